The van der Waals surface area contributed by atoms with Gasteiger partial charge in [-0.15, -0.1) is 0 Å². The van der Waals surface area contributed by atoms with Crippen molar-refractivity contribution in [3.63, 3.8) is 0 Å². The van der Waals surface area contributed by atoms with Crippen LogP contribution < -0.4 is 10.1 Å². The number of ether oxygens (including phenoxy) is 2. The number of benzene rings is 1. The van der Waals surface area contributed by atoms with Gasteiger partial charge in [0.15, 0.2) is 5.11 Å². The van der Waals surface area contributed by atoms with Crippen molar-refractivity contribution in [3.05, 3.63) is 41.1 Å². The normalized spacial score (nSPS) is 17.4. The van der Waals surface area contributed by atoms with Gasteiger partial charge >= 0.3 is 5.97 Å². The number of hydrogen-bond acceptors (Lipinski definition) is 5. The highest BCUT2D eigenvalue weighted by atomic mass is 32.1. The number of amides is 1. The van der Waals surface area contributed by atoms with Crippen molar-refractivity contribution in [3.8, 4) is 5.75 Å². The topological polar surface area (TPSA) is 67.9 Å². The Morgan fingerprint density at radius 1 is 1.29 bits per heavy atom. The lowest BCUT2D eigenvalue weighted by molar-refractivity contribution is -0.139. The number of methoxy groups -OCH3 is 1. The summed E-state index contributed by atoms with van der Waals surface area (Å²) in [6.07, 6.45) is 0. The molecule has 1 atom stereocenters. The summed E-state index contributed by atoms with van der Waals surface area (Å²) in [4.78, 5) is 26.0. The van der Waals surface area contributed by atoms with Gasteiger partial charge in [-0.1, -0.05) is 12.1 Å². The molecule has 1 amide bonds. The fourth-order valence-electron chi connectivity index (χ4n) is 2.64. The zero-order valence-electron chi connectivity index (χ0n) is 14.1. The number of hydrogen-bond donors (Lipinski definition) is 1. The average molecular weight is 348 g/mol. The number of nitrogens with zero attached hydrogens (tertiary/aromatic N) is 1. The highest BCUT2D eigenvalue weighted by Crippen LogP contribution is 2.35. The Hall–Kier alpha value is -2.41. The van der Waals surface area contributed by atoms with Gasteiger partial charge in [-0.25, -0.2) is 4.79 Å². The highest BCUT2D eigenvalue weighted by Gasteiger charge is 2.38. The molecular formula is C17H20N2O4S. The molecule has 1 aliphatic heterocycles. The van der Waals surface area contributed by atoms with Gasteiger partial charge in [-0.05, 0) is 43.8 Å². The predicted octanol–water partition coefficient (Wildman–Crippen LogP) is 2.31. The quantitative estimate of drug-likeness (QED) is 0.665. The molecule has 1 aliphatic rings. The number of rotatable bonds is 4. The van der Waals surface area contributed by atoms with Crippen molar-refractivity contribution in [2.75, 3.05) is 13.7 Å². The number of carbonyl (C=O) groups excluding carboxylic acids is 2. The Labute approximate surface area is 146 Å². The molecule has 0 fully saturated rings. The van der Waals surface area contributed by atoms with Crippen molar-refractivity contribution in [1.82, 2.24) is 10.2 Å². The summed E-state index contributed by atoms with van der Waals surface area (Å²) >= 11 is 5.29. The summed E-state index contributed by atoms with van der Waals surface area (Å²) in [5, 5.41) is 3.17. The molecule has 0 unspecified atom stereocenters. The van der Waals surface area contributed by atoms with Gasteiger partial charge in [-0.3, -0.25) is 9.69 Å². The van der Waals surface area contributed by atoms with Crippen molar-refractivity contribution in [2.24, 2.45) is 0 Å². The van der Waals surface area contributed by atoms with E-state index in [0.29, 0.717) is 17.0 Å². The van der Waals surface area contributed by atoms with Gasteiger partial charge in [0.25, 0.3) is 0 Å². The molecule has 0 spiro atoms. The van der Waals surface area contributed by atoms with E-state index in [1.807, 2.05) is 0 Å². The summed E-state index contributed by atoms with van der Waals surface area (Å²) in [6, 6.07) is 6.52. The number of allylic oxidation sites excluding steroid dienone is 1. The average Bonchev–Trinajstić information content (AvgIpc) is 2.53. The standard InChI is InChI=1S/C17H20N2O4S/c1-5-23-16(21)14-10(2)18-17(24)19(11(3)20)15(14)12-6-8-13(22-4)9-7-12/h6-9,15H,5H2,1-4H3,(H,18,24)/t15-/m0/s1. The van der Waals surface area contributed by atoms with E-state index < -0.39 is 12.0 Å². The Balaban J connectivity index is 2.58. The molecule has 0 saturated heterocycles. The lowest BCUT2D eigenvalue weighted by Crippen LogP contribution is -2.50. The summed E-state index contributed by atoms with van der Waals surface area (Å²) < 4.78 is 10.3. The van der Waals surface area contributed by atoms with Gasteiger partial charge < -0.3 is 14.8 Å². The third-order valence-electron chi connectivity index (χ3n) is 3.72. The van der Waals surface area contributed by atoms with Gasteiger partial charge in [-0.2, -0.15) is 0 Å². The van der Waals surface area contributed by atoms with Crippen LogP contribution in [0, 0.1) is 0 Å². The zero-order valence-corrected chi connectivity index (χ0v) is 14.9. The van der Waals surface area contributed by atoms with E-state index in [2.05, 4.69) is 5.32 Å². The van der Waals surface area contributed by atoms with Crippen LogP contribution in [0.4, 0.5) is 0 Å². The van der Waals surface area contributed by atoms with Crippen LogP contribution >= 0.6 is 12.2 Å². The monoisotopic (exact) mass is 348 g/mol. The number of esters is 1. The van der Waals surface area contributed by atoms with Crippen LogP contribution in [0.5, 0.6) is 5.75 Å². The van der Waals surface area contributed by atoms with Crippen LogP contribution in [0.15, 0.2) is 35.5 Å². The Morgan fingerprint density at radius 2 is 1.92 bits per heavy atom. The molecule has 0 aromatic heterocycles. The maximum absolute atomic E-state index is 12.5. The largest absolute Gasteiger partial charge is 0.497 e. The molecule has 24 heavy (non-hydrogen) atoms. The first-order valence-corrected chi connectivity index (χ1v) is 7.94. The van der Waals surface area contributed by atoms with Crippen LogP contribution in [-0.2, 0) is 14.3 Å². The lowest BCUT2D eigenvalue weighted by Gasteiger charge is -2.37. The molecule has 128 valence electrons. The molecule has 1 N–H and O–H groups in total. The molecule has 2 rings (SSSR count). The maximum atomic E-state index is 12.5. The van der Waals surface area contributed by atoms with E-state index in [1.54, 1.807) is 45.2 Å². The first-order chi connectivity index (χ1) is 11.4. The molecule has 0 radical (unpaired) electrons. The van der Waals surface area contributed by atoms with E-state index in [-0.39, 0.29) is 17.6 Å². The van der Waals surface area contributed by atoms with Gasteiger partial charge in [0.2, 0.25) is 5.91 Å². The van der Waals surface area contributed by atoms with Crippen LogP contribution in [0.2, 0.25) is 0 Å². The van der Waals surface area contributed by atoms with Crippen molar-refractivity contribution < 1.29 is 19.1 Å². The molecule has 7 heteroatoms. The molecule has 1 aromatic carbocycles. The summed E-state index contributed by atoms with van der Waals surface area (Å²) in [5.41, 5.74) is 1.69. The predicted molar refractivity (Wildman–Crippen MR) is 93.3 cm³/mol. The minimum Gasteiger partial charge on any atom is -0.497 e. The smallest absolute Gasteiger partial charge is 0.338 e. The Bertz CT molecular complexity index is 697. The highest BCUT2D eigenvalue weighted by molar-refractivity contribution is 7.80. The minimum absolute atomic E-state index is 0.245. The Kier molecular flexibility index (Phi) is 5.56. The molecule has 0 saturated carbocycles. The van der Waals surface area contributed by atoms with E-state index in [4.69, 9.17) is 21.7 Å². The number of thiocarbonyl (C=S) groups is 1. The van der Waals surface area contributed by atoms with E-state index in [0.717, 1.165) is 5.56 Å². The fraction of sp³-hybridized carbons (Fsp3) is 0.353. The second-order valence-electron chi connectivity index (χ2n) is 5.25. The van der Waals surface area contributed by atoms with Crippen LogP contribution in [0.3, 0.4) is 0 Å². The molecule has 6 nitrogen and oxygen atoms in total. The second kappa shape index (κ2) is 7.44. The van der Waals surface area contributed by atoms with E-state index in [1.165, 1.54) is 11.8 Å². The maximum Gasteiger partial charge on any atom is 0.338 e. The number of nitrogens with one attached hydrogen (secondary N) is 1. The summed E-state index contributed by atoms with van der Waals surface area (Å²) in [5.74, 6) is -0.0530. The molecular weight excluding hydrogens is 328 g/mol. The van der Waals surface area contributed by atoms with Crippen molar-refractivity contribution in [2.45, 2.75) is 26.8 Å². The van der Waals surface area contributed by atoms with Crippen molar-refractivity contribution in [1.29, 1.82) is 0 Å². The molecule has 0 bridgehead atoms. The third kappa shape index (κ3) is 3.41. The first kappa shape index (κ1) is 17.9. The molecule has 1 heterocycles. The van der Waals surface area contributed by atoms with Crippen LogP contribution in [0.1, 0.15) is 32.4 Å². The molecule has 0 aliphatic carbocycles. The summed E-state index contributed by atoms with van der Waals surface area (Å²) in [6.45, 7) is 5.13. The van der Waals surface area contributed by atoms with Gasteiger partial charge in [0.1, 0.15) is 5.75 Å². The minimum atomic E-state index is -0.638. The zero-order chi connectivity index (χ0) is 17.9. The van der Waals surface area contributed by atoms with E-state index in [9.17, 15) is 9.59 Å². The first-order valence-electron chi connectivity index (χ1n) is 7.53. The lowest BCUT2D eigenvalue weighted by atomic mass is 9.93. The van der Waals surface area contributed by atoms with Gasteiger partial charge in [0, 0.05) is 12.6 Å². The molecule has 1 aromatic rings. The second-order valence-corrected chi connectivity index (χ2v) is 5.64. The SMILES string of the molecule is CCOC(=O)C1=C(C)NC(=S)N(C(C)=O)[C@H]1c1ccc(OC)cc1. The van der Waals surface area contributed by atoms with Gasteiger partial charge in [0.05, 0.1) is 25.3 Å². The van der Waals surface area contributed by atoms with Crippen molar-refractivity contribution >= 4 is 29.2 Å². The van der Waals surface area contributed by atoms with E-state index >= 15 is 0 Å². The number of carbonyl (C=O) groups is 2. The summed E-state index contributed by atoms with van der Waals surface area (Å²) in [7, 11) is 1.57. The van der Waals surface area contributed by atoms with Crippen LogP contribution in [0.25, 0.3) is 0 Å². The van der Waals surface area contributed by atoms with Crippen LogP contribution in [-0.4, -0.2) is 35.6 Å². The third-order valence-corrected chi connectivity index (χ3v) is 4.01. The Morgan fingerprint density at radius 3 is 2.42 bits per heavy atom. The fourth-order valence-corrected chi connectivity index (χ4v) is 3.03.